The molecule has 2 aliphatic heterocycles. The van der Waals surface area contributed by atoms with E-state index in [-0.39, 0.29) is 0 Å². The average Bonchev–Trinajstić information content (AvgIpc) is 3.18. The lowest BCUT2D eigenvalue weighted by Gasteiger charge is -2.48. The van der Waals surface area contributed by atoms with Crippen molar-refractivity contribution in [2.24, 2.45) is 0 Å². The molecule has 4 aromatic carbocycles. The minimum atomic E-state index is -2.70. The number of phenolic OH excluding ortho intramolecular Hbond substituents is 12. The Morgan fingerprint density at radius 3 is 1.47 bits per heavy atom. The highest BCUT2D eigenvalue weighted by molar-refractivity contribution is 6.08. The van der Waals surface area contributed by atoms with Crippen LogP contribution in [0, 0.1) is 0 Å². The minimum Gasteiger partial charge on any atom is -0.504 e. The van der Waals surface area contributed by atoms with E-state index in [1.165, 1.54) is 0 Å². The van der Waals surface area contributed by atoms with Gasteiger partial charge in [0.2, 0.25) is 17.6 Å². The van der Waals surface area contributed by atoms with Crippen LogP contribution in [0.1, 0.15) is 55.3 Å². The van der Waals surface area contributed by atoms with Crippen LogP contribution in [0.25, 0.3) is 11.1 Å². The maximum absolute atomic E-state index is 14.3. The van der Waals surface area contributed by atoms with Gasteiger partial charge in [-0.1, -0.05) is 0 Å². The van der Waals surface area contributed by atoms with Gasteiger partial charge >= 0.3 is 29.8 Å². The second kappa shape index (κ2) is 14.9. The number of hydrogen-bond donors (Lipinski definition) is 12. The molecule has 0 bridgehead atoms. The van der Waals surface area contributed by atoms with Crippen molar-refractivity contribution in [2.75, 3.05) is 6.61 Å². The number of ether oxygens (including phenoxy) is 6. The zero-order valence-corrected chi connectivity index (χ0v) is 30.3. The number of esters is 5. The smallest absolute Gasteiger partial charge is 0.339 e. The lowest BCUT2D eigenvalue weighted by atomic mass is 9.91. The fraction of sp³-hybridized carbons (Fsp3) is 0.216. The van der Waals surface area contributed by atoms with Crippen molar-refractivity contribution in [3.8, 4) is 80.1 Å². The molecule has 0 radical (unpaired) electrons. The molecule has 0 aromatic heterocycles. The van der Waals surface area contributed by atoms with Crippen LogP contribution in [0.3, 0.4) is 0 Å². The summed E-state index contributed by atoms with van der Waals surface area (Å²) < 4.78 is 33.6. The first-order valence-electron chi connectivity index (χ1n) is 16.8. The monoisotopic (exact) mass is 842 g/mol. The summed E-state index contributed by atoms with van der Waals surface area (Å²) in [6, 6.07) is 3.38. The molecule has 0 spiro atoms. The normalized spacial score (nSPS) is 21.1. The Labute approximate surface area is 332 Å². The third kappa shape index (κ3) is 7.15. The van der Waals surface area contributed by atoms with Gasteiger partial charge in [0.15, 0.2) is 69.7 Å². The summed E-state index contributed by atoms with van der Waals surface area (Å²) in [6.45, 7) is 0.626. The molecular formula is C37H30O23. The molecule has 0 aliphatic carbocycles. The second-order valence-corrected chi connectivity index (χ2v) is 13.2. The van der Waals surface area contributed by atoms with Crippen LogP contribution in [-0.2, 0) is 33.2 Å². The van der Waals surface area contributed by atoms with E-state index in [1.54, 1.807) is 0 Å². The van der Waals surface area contributed by atoms with E-state index in [0.29, 0.717) is 36.4 Å². The Hall–Kier alpha value is -8.21. The van der Waals surface area contributed by atoms with Gasteiger partial charge in [0.05, 0.1) is 22.3 Å². The molecule has 12 N–H and O–H groups in total. The van der Waals surface area contributed by atoms with Crippen LogP contribution < -0.4 is 0 Å². The highest BCUT2D eigenvalue weighted by atomic mass is 16.8. The molecule has 2 heterocycles. The number of hydrogen-bond acceptors (Lipinski definition) is 23. The molecule has 6 rings (SSSR count). The SMILES string of the molecule is CC(=O)O[C@@]1(C)O[C@H]2COC(=O)c3cc(O)c(O)c(O)c3-c3c(cc(O)c(O)c3O)C(=O)OC2[C@H](OC(=O)c2cc(O)c(O)c(O)c2)[C@@H]1OC(=O)c1cc(O)c(O)c(O)c1. The van der Waals surface area contributed by atoms with Crippen LogP contribution >= 0.6 is 0 Å². The maximum atomic E-state index is 14.3. The quantitative estimate of drug-likeness (QED) is 0.0771. The van der Waals surface area contributed by atoms with E-state index >= 15 is 0 Å². The first kappa shape index (κ1) is 41.4. The summed E-state index contributed by atoms with van der Waals surface area (Å²) in [7, 11) is 0. The lowest BCUT2D eigenvalue weighted by Crippen LogP contribution is -2.68. The molecule has 1 saturated heterocycles. The largest absolute Gasteiger partial charge is 0.504 e. The van der Waals surface area contributed by atoms with Crippen LogP contribution in [0.2, 0.25) is 0 Å². The number of cyclic esters (lactones) is 1. The van der Waals surface area contributed by atoms with Crippen molar-refractivity contribution < 1.29 is 114 Å². The number of rotatable bonds is 5. The highest BCUT2D eigenvalue weighted by Gasteiger charge is 2.61. The first-order valence-corrected chi connectivity index (χ1v) is 16.8. The number of phenols is 12. The van der Waals surface area contributed by atoms with E-state index in [9.17, 15) is 85.3 Å². The molecule has 60 heavy (non-hydrogen) atoms. The fourth-order valence-corrected chi connectivity index (χ4v) is 6.42. The second-order valence-electron chi connectivity index (χ2n) is 13.2. The fourth-order valence-electron chi connectivity index (χ4n) is 6.42. The summed E-state index contributed by atoms with van der Waals surface area (Å²) >= 11 is 0. The van der Waals surface area contributed by atoms with Crippen molar-refractivity contribution in [2.45, 2.75) is 44.1 Å². The number of fused-ring (bicyclic) bond motifs is 4. The predicted molar refractivity (Wildman–Crippen MR) is 188 cm³/mol. The Morgan fingerprint density at radius 2 is 1.02 bits per heavy atom. The number of carbonyl (C=O) groups is 5. The van der Waals surface area contributed by atoms with Gasteiger partial charge in [-0.05, 0) is 36.4 Å². The van der Waals surface area contributed by atoms with Gasteiger partial charge in [-0.3, -0.25) is 4.79 Å². The van der Waals surface area contributed by atoms with E-state index in [0.717, 1.165) is 13.8 Å². The van der Waals surface area contributed by atoms with Gasteiger partial charge < -0.3 is 89.7 Å². The molecule has 0 amide bonds. The molecule has 1 unspecified atom stereocenters. The van der Waals surface area contributed by atoms with Crippen LogP contribution in [-0.4, -0.2) is 128 Å². The van der Waals surface area contributed by atoms with E-state index in [1.807, 2.05) is 0 Å². The van der Waals surface area contributed by atoms with Gasteiger partial charge in [0, 0.05) is 25.0 Å². The zero-order valence-electron chi connectivity index (χ0n) is 30.3. The van der Waals surface area contributed by atoms with Gasteiger partial charge in [0.25, 0.3) is 5.79 Å². The number of carbonyl (C=O) groups excluding carboxylic acids is 5. The minimum absolute atomic E-state index is 0.453. The third-order valence-corrected chi connectivity index (χ3v) is 9.14. The van der Waals surface area contributed by atoms with Crippen LogP contribution in [0.4, 0.5) is 0 Å². The van der Waals surface area contributed by atoms with Gasteiger partial charge in [-0.2, -0.15) is 0 Å². The average molecular weight is 843 g/mol. The Bertz CT molecular complexity index is 2460. The van der Waals surface area contributed by atoms with Crippen LogP contribution in [0.15, 0.2) is 36.4 Å². The van der Waals surface area contributed by atoms with E-state index in [2.05, 4.69) is 0 Å². The lowest BCUT2D eigenvalue weighted by molar-refractivity contribution is -0.340. The number of aromatic hydroxyl groups is 12. The third-order valence-electron chi connectivity index (χ3n) is 9.14. The summed E-state index contributed by atoms with van der Waals surface area (Å²) in [5.41, 5.74) is -5.41. The Kier molecular flexibility index (Phi) is 10.3. The molecule has 23 heteroatoms. The van der Waals surface area contributed by atoms with Gasteiger partial charge in [-0.25, -0.2) is 19.2 Å². The Balaban J connectivity index is 1.58. The Morgan fingerprint density at radius 1 is 0.600 bits per heavy atom. The summed E-state index contributed by atoms with van der Waals surface area (Å²) in [6.07, 6.45) is -9.03. The topological polar surface area (TPSA) is 383 Å². The highest BCUT2D eigenvalue weighted by Crippen LogP contribution is 2.53. The maximum Gasteiger partial charge on any atom is 0.339 e. The van der Waals surface area contributed by atoms with Crippen LogP contribution in [0.5, 0.6) is 69.0 Å². The molecular weight excluding hydrogens is 812 g/mol. The van der Waals surface area contributed by atoms with Crippen molar-refractivity contribution in [1.82, 2.24) is 0 Å². The van der Waals surface area contributed by atoms with E-state index in [4.69, 9.17) is 28.4 Å². The molecule has 316 valence electrons. The van der Waals surface area contributed by atoms with Crippen molar-refractivity contribution >= 4 is 29.8 Å². The van der Waals surface area contributed by atoms with Gasteiger partial charge in [-0.15, -0.1) is 0 Å². The van der Waals surface area contributed by atoms with Crippen molar-refractivity contribution in [3.05, 3.63) is 58.7 Å². The molecule has 0 saturated carbocycles. The molecule has 4 aromatic rings. The van der Waals surface area contributed by atoms with E-state index < -0.39 is 169 Å². The molecule has 1 fully saturated rings. The number of benzene rings is 4. The zero-order chi connectivity index (χ0) is 44.3. The molecule has 23 nitrogen and oxygen atoms in total. The van der Waals surface area contributed by atoms with Gasteiger partial charge in [0.1, 0.15) is 12.7 Å². The molecule has 5 atom stereocenters. The standard InChI is InChI=1S/C37H30O23/c1-10(38)59-37(2)32(58-34(52)12-5-17(41)25(46)18(42)6-12)31(57-33(51)11-3-15(39)24(45)16(40)4-11)30-21(60-37)9-55-35(53)13-7-19(43)26(47)28(49)22(13)23-14(36(54)56-30)8-20(44)27(48)29(23)50/h3-8,21,30-32,39-50H,9H2,1-2H3/t21-,30?,31-,32-,37-/m0/s1. The summed E-state index contributed by atoms with van der Waals surface area (Å²) in [5.74, 6) is -24.4. The first-order chi connectivity index (χ1) is 28.0. The van der Waals surface area contributed by atoms with Crippen molar-refractivity contribution in [1.29, 1.82) is 0 Å². The predicted octanol–water partition coefficient (Wildman–Crippen LogP) is 1.65. The van der Waals surface area contributed by atoms with Crippen molar-refractivity contribution in [3.63, 3.8) is 0 Å². The molecule has 2 aliphatic rings. The summed E-state index contributed by atoms with van der Waals surface area (Å²) in [5, 5.41) is 124. The summed E-state index contributed by atoms with van der Waals surface area (Å²) in [4.78, 5) is 68.0.